The smallest absolute Gasteiger partial charge is 0.273 e. The van der Waals surface area contributed by atoms with Gasteiger partial charge in [0, 0.05) is 9.72 Å². The number of hydrogen-bond acceptors (Lipinski definition) is 6. The van der Waals surface area contributed by atoms with Crippen LogP contribution in [-0.4, -0.2) is 18.4 Å². The van der Waals surface area contributed by atoms with Gasteiger partial charge in [-0.1, -0.05) is 41.9 Å². The molecule has 2 aromatic carbocycles. The van der Waals surface area contributed by atoms with E-state index in [4.69, 9.17) is 16.3 Å². The van der Waals surface area contributed by atoms with Crippen LogP contribution in [-0.2, 0) is 16.6 Å². The van der Waals surface area contributed by atoms with E-state index in [9.17, 15) is 8.42 Å². The van der Waals surface area contributed by atoms with Gasteiger partial charge in [0.15, 0.2) is 0 Å². The largest absolute Gasteiger partial charge is 0.470 e. The van der Waals surface area contributed by atoms with Crippen molar-refractivity contribution in [3.63, 3.8) is 0 Å². The highest BCUT2D eigenvalue weighted by Crippen LogP contribution is 2.37. The van der Waals surface area contributed by atoms with Crippen LogP contribution in [0.25, 0.3) is 10.1 Å². The van der Waals surface area contributed by atoms with Crippen LogP contribution in [0.15, 0.2) is 63.5 Å². The highest BCUT2D eigenvalue weighted by Gasteiger charge is 2.24. The highest BCUT2D eigenvalue weighted by atomic mass is 79.9. The minimum absolute atomic E-state index is 0.0176. The second-order valence-electron chi connectivity index (χ2n) is 6.38. The molecule has 4 aromatic rings. The molecule has 4 rings (SSSR count). The molecule has 0 aliphatic rings. The van der Waals surface area contributed by atoms with Crippen molar-refractivity contribution in [2.24, 2.45) is 0 Å². The van der Waals surface area contributed by atoms with Crippen LogP contribution in [0, 0.1) is 6.92 Å². The number of benzene rings is 2. The van der Waals surface area contributed by atoms with E-state index in [0.717, 1.165) is 15.6 Å². The maximum Gasteiger partial charge on any atom is 0.273 e. The maximum absolute atomic E-state index is 13.1. The van der Waals surface area contributed by atoms with Crippen LogP contribution in [0.5, 0.6) is 5.88 Å². The molecular weight excluding hydrogens is 510 g/mol. The first-order valence-electron chi connectivity index (χ1n) is 8.74. The molecule has 0 fully saturated rings. The van der Waals surface area contributed by atoms with Crippen molar-refractivity contribution >= 4 is 64.8 Å². The summed E-state index contributed by atoms with van der Waals surface area (Å²) in [4.78, 5) is 8.39. The number of aromatic nitrogens is 2. The predicted octanol–water partition coefficient (Wildman–Crippen LogP) is 5.80. The van der Waals surface area contributed by atoms with Gasteiger partial charge in [-0.15, -0.1) is 11.3 Å². The fourth-order valence-corrected chi connectivity index (χ4v) is 6.04. The Bertz CT molecular complexity index is 1330. The zero-order chi connectivity index (χ0) is 21.3. The van der Waals surface area contributed by atoms with Crippen molar-refractivity contribution in [2.45, 2.75) is 17.7 Å². The summed E-state index contributed by atoms with van der Waals surface area (Å²) >= 11 is 10.5. The van der Waals surface area contributed by atoms with Gasteiger partial charge >= 0.3 is 0 Å². The minimum Gasteiger partial charge on any atom is -0.470 e. The van der Waals surface area contributed by atoms with Crippen molar-refractivity contribution in [3.05, 3.63) is 75.5 Å². The maximum atomic E-state index is 13.1. The second-order valence-corrected chi connectivity index (χ2v) is 10.6. The Balaban J connectivity index is 1.66. The van der Waals surface area contributed by atoms with E-state index in [1.165, 1.54) is 17.5 Å². The van der Waals surface area contributed by atoms with E-state index >= 15 is 0 Å². The zero-order valence-electron chi connectivity index (χ0n) is 15.6. The van der Waals surface area contributed by atoms with Crippen LogP contribution in [0.3, 0.4) is 0 Å². The lowest BCUT2D eigenvalue weighted by molar-refractivity contribution is 0.294. The van der Waals surface area contributed by atoms with Gasteiger partial charge in [0.1, 0.15) is 15.4 Å². The number of ether oxygens (including phenoxy) is 1. The predicted molar refractivity (Wildman–Crippen MR) is 123 cm³/mol. The molecule has 154 valence electrons. The normalized spacial score (nSPS) is 11.6. The average Bonchev–Trinajstić information content (AvgIpc) is 3.06. The highest BCUT2D eigenvalue weighted by molar-refractivity contribution is 9.10. The summed E-state index contributed by atoms with van der Waals surface area (Å²) in [5.41, 5.74) is 1.55. The SMILES string of the molecule is Cc1c(S(=O)(=O)Nc2ncc(Br)nc2OCc2ccccc2)sc2ccc(Cl)cc12. The molecule has 0 bridgehead atoms. The van der Waals surface area contributed by atoms with Crippen LogP contribution < -0.4 is 9.46 Å². The number of nitrogens with zero attached hydrogens (tertiary/aromatic N) is 2. The lowest BCUT2D eigenvalue weighted by Crippen LogP contribution is -2.15. The van der Waals surface area contributed by atoms with Crippen molar-refractivity contribution in [1.82, 2.24) is 9.97 Å². The number of rotatable bonds is 6. The quantitative estimate of drug-likeness (QED) is 0.345. The molecule has 0 amide bonds. The lowest BCUT2D eigenvalue weighted by Gasteiger charge is -2.12. The molecule has 0 saturated heterocycles. The molecule has 0 unspecified atom stereocenters. The molecule has 0 saturated carbocycles. The molecule has 30 heavy (non-hydrogen) atoms. The first-order valence-corrected chi connectivity index (χ1v) is 12.2. The molecule has 1 N–H and O–H groups in total. The summed E-state index contributed by atoms with van der Waals surface area (Å²) in [6, 6.07) is 14.8. The molecule has 6 nitrogen and oxygen atoms in total. The Morgan fingerprint density at radius 1 is 1.20 bits per heavy atom. The van der Waals surface area contributed by atoms with E-state index in [1.807, 2.05) is 36.4 Å². The topological polar surface area (TPSA) is 81.2 Å². The van der Waals surface area contributed by atoms with Crippen LogP contribution in [0.1, 0.15) is 11.1 Å². The molecule has 0 spiro atoms. The monoisotopic (exact) mass is 523 g/mol. The van der Waals surface area contributed by atoms with Crippen LogP contribution >= 0.6 is 38.9 Å². The van der Waals surface area contributed by atoms with Gasteiger partial charge in [-0.3, -0.25) is 4.72 Å². The summed E-state index contributed by atoms with van der Waals surface area (Å²) in [7, 11) is -3.91. The third kappa shape index (κ3) is 4.44. The Morgan fingerprint density at radius 3 is 2.73 bits per heavy atom. The Hall–Kier alpha value is -2.20. The van der Waals surface area contributed by atoms with E-state index in [1.54, 1.807) is 19.1 Å². The third-order valence-electron chi connectivity index (χ3n) is 4.26. The summed E-state index contributed by atoms with van der Waals surface area (Å²) < 4.78 is 36.0. The minimum atomic E-state index is -3.91. The van der Waals surface area contributed by atoms with Crippen molar-refractivity contribution in [1.29, 1.82) is 0 Å². The summed E-state index contributed by atoms with van der Waals surface area (Å²) in [6.45, 7) is 1.98. The van der Waals surface area contributed by atoms with Crippen molar-refractivity contribution in [3.8, 4) is 5.88 Å². The van der Waals surface area contributed by atoms with Gasteiger partial charge in [0.25, 0.3) is 15.9 Å². The molecule has 2 aromatic heterocycles. The Morgan fingerprint density at radius 2 is 1.97 bits per heavy atom. The molecule has 0 radical (unpaired) electrons. The number of fused-ring (bicyclic) bond motifs is 1. The lowest BCUT2D eigenvalue weighted by atomic mass is 10.2. The first-order chi connectivity index (χ1) is 14.3. The summed E-state index contributed by atoms with van der Waals surface area (Å²) in [5.74, 6) is 0.0997. The van der Waals surface area contributed by atoms with E-state index in [0.29, 0.717) is 15.2 Å². The first kappa shape index (κ1) is 21.0. The number of aryl methyl sites for hydroxylation is 1. The van der Waals surface area contributed by atoms with Crippen LogP contribution in [0.4, 0.5) is 5.82 Å². The number of thiophene rings is 1. The van der Waals surface area contributed by atoms with Gasteiger partial charge in [-0.05, 0) is 57.6 Å². The van der Waals surface area contributed by atoms with Gasteiger partial charge in [0.05, 0.1) is 6.20 Å². The molecular formula is C20H15BrClN3O3S2. The Labute approximate surface area is 191 Å². The number of hydrogen-bond donors (Lipinski definition) is 1. The van der Waals surface area contributed by atoms with Gasteiger partial charge < -0.3 is 4.74 Å². The van der Waals surface area contributed by atoms with Crippen molar-refractivity contribution in [2.75, 3.05) is 4.72 Å². The third-order valence-corrected chi connectivity index (χ3v) is 8.11. The standard InChI is InChI=1S/C20H15BrClN3O3S2/c1-12-15-9-14(22)7-8-16(15)29-20(12)30(26,27)25-18-19(24-17(21)10-23-18)28-11-13-5-3-2-4-6-13/h2-10H,11H2,1H3,(H,23,25). The molecule has 0 atom stereocenters. The number of sulfonamides is 1. The number of nitrogens with one attached hydrogen (secondary N) is 1. The molecule has 10 heteroatoms. The number of halogens is 2. The number of anilines is 1. The van der Waals surface area contributed by atoms with Gasteiger partial charge in [0.2, 0.25) is 5.82 Å². The summed E-state index contributed by atoms with van der Waals surface area (Å²) in [5, 5.41) is 1.35. The average molecular weight is 525 g/mol. The van der Waals surface area contributed by atoms with Gasteiger partial charge in [-0.2, -0.15) is 0 Å². The second kappa shape index (κ2) is 8.50. The van der Waals surface area contributed by atoms with E-state index in [-0.39, 0.29) is 22.5 Å². The van der Waals surface area contributed by atoms with E-state index < -0.39 is 10.0 Å². The molecule has 0 aliphatic heterocycles. The molecule has 2 heterocycles. The summed E-state index contributed by atoms with van der Waals surface area (Å²) in [6.07, 6.45) is 1.41. The van der Waals surface area contributed by atoms with E-state index in [2.05, 4.69) is 30.6 Å². The fraction of sp³-hybridized carbons (Fsp3) is 0.100. The van der Waals surface area contributed by atoms with Gasteiger partial charge in [-0.25, -0.2) is 18.4 Å². The van der Waals surface area contributed by atoms with Crippen molar-refractivity contribution < 1.29 is 13.2 Å². The fourth-order valence-electron chi connectivity index (χ4n) is 2.85. The Kier molecular flexibility index (Phi) is 5.97. The zero-order valence-corrected chi connectivity index (χ0v) is 19.6. The van der Waals surface area contributed by atoms with Crippen LogP contribution in [0.2, 0.25) is 5.02 Å². The molecule has 0 aliphatic carbocycles.